The fraction of sp³-hybridized carbons (Fsp3) is 0.409. The molecular weight excluding hydrogens is 497 g/mol. The third-order valence-corrected chi connectivity index (χ3v) is 5.86. The van der Waals surface area contributed by atoms with Crippen molar-refractivity contribution in [1.29, 1.82) is 0 Å². The van der Waals surface area contributed by atoms with E-state index in [2.05, 4.69) is 60.7 Å². The topological polar surface area (TPSA) is 70.6 Å². The van der Waals surface area contributed by atoms with Gasteiger partial charge in [-0.1, -0.05) is 57.2 Å². The SMILES string of the molecule is CN=C(NCc1ccc(C(C)(C)C)cc1)NCc1ccc(S(C)(=O)=O)c(C)c1.I. The predicted octanol–water partition coefficient (Wildman–Crippen LogP) is 4.18. The van der Waals surface area contributed by atoms with Crippen molar-refractivity contribution in [3.63, 3.8) is 0 Å². The molecule has 0 aliphatic heterocycles. The van der Waals surface area contributed by atoms with Gasteiger partial charge in [0.05, 0.1) is 4.90 Å². The number of halogens is 1. The minimum absolute atomic E-state index is 0. The molecule has 29 heavy (non-hydrogen) atoms. The Balaban J connectivity index is 0.00000420. The van der Waals surface area contributed by atoms with Crippen LogP contribution in [0, 0.1) is 6.92 Å². The Morgan fingerprint density at radius 3 is 1.93 bits per heavy atom. The van der Waals surface area contributed by atoms with E-state index in [9.17, 15) is 8.42 Å². The summed E-state index contributed by atoms with van der Waals surface area (Å²) < 4.78 is 23.5. The van der Waals surface area contributed by atoms with E-state index >= 15 is 0 Å². The summed E-state index contributed by atoms with van der Waals surface area (Å²) in [4.78, 5) is 4.63. The number of aryl methyl sites for hydroxylation is 1. The van der Waals surface area contributed by atoms with Gasteiger partial charge in [0.2, 0.25) is 0 Å². The molecule has 0 fully saturated rings. The number of nitrogens with zero attached hydrogens (tertiary/aromatic N) is 1. The summed E-state index contributed by atoms with van der Waals surface area (Å²) in [7, 11) is -1.46. The molecule has 0 unspecified atom stereocenters. The molecule has 2 rings (SSSR count). The third-order valence-electron chi connectivity index (χ3n) is 4.60. The molecule has 2 aromatic carbocycles. The van der Waals surface area contributed by atoms with Crippen molar-refractivity contribution in [2.24, 2.45) is 4.99 Å². The normalized spacial score (nSPS) is 12.3. The van der Waals surface area contributed by atoms with Gasteiger partial charge in [-0.05, 0) is 40.7 Å². The summed E-state index contributed by atoms with van der Waals surface area (Å²) in [6.45, 7) is 9.67. The Morgan fingerprint density at radius 1 is 0.966 bits per heavy atom. The molecular formula is C22H32IN3O2S. The molecule has 0 atom stereocenters. The van der Waals surface area contributed by atoms with Gasteiger partial charge in [0.1, 0.15) is 0 Å². The maximum Gasteiger partial charge on any atom is 0.191 e. The number of nitrogens with one attached hydrogen (secondary N) is 2. The number of sulfone groups is 1. The summed E-state index contributed by atoms with van der Waals surface area (Å²) >= 11 is 0. The smallest absolute Gasteiger partial charge is 0.191 e. The van der Waals surface area contributed by atoms with Gasteiger partial charge < -0.3 is 10.6 Å². The van der Waals surface area contributed by atoms with Crippen molar-refractivity contribution < 1.29 is 8.42 Å². The number of rotatable bonds is 5. The second-order valence-electron chi connectivity index (χ2n) is 8.10. The Kier molecular flexibility index (Phi) is 9.14. The van der Waals surface area contributed by atoms with E-state index in [1.54, 1.807) is 13.1 Å². The third kappa shape index (κ3) is 7.62. The standard InChI is InChI=1S/C22H31N3O2S.HI/c1-16-13-18(9-12-20(16)28(6,26)27)15-25-21(23-5)24-14-17-7-10-19(11-8-17)22(2,3)4;/h7-13H,14-15H2,1-6H3,(H2,23,24,25);1H. The summed E-state index contributed by atoms with van der Waals surface area (Å²) in [5.41, 5.74) is 4.40. The van der Waals surface area contributed by atoms with Gasteiger partial charge in [-0.25, -0.2) is 8.42 Å². The van der Waals surface area contributed by atoms with Crippen LogP contribution in [0.5, 0.6) is 0 Å². The minimum atomic E-state index is -3.19. The van der Waals surface area contributed by atoms with Crippen LogP contribution in [0.15, 0.2) is 52.4 Å². The van der Waals surface area contributed by atoms with Gasteiger partial charge in [0, 0.05) is 26.4 Å². The molecule has 0 aliphatic rings. The van der Waals surface area contributed by atoms with Gasteiger partial charge in [0.15, 0.2) is 15.8 Å². The summed E-state index contributed by atoms with van der Waals surface area (Å²) in [6, 6.07) is 14.0. The highest BCUT2D eigenvalue weighted by Gasteiger charge is 2.13. The summed E-state index contributed by atoms with van der Waals surface area (Å²) in [5.74, 6) is 0.699. The first-order valence-corrected chi connectivity index (χ1v) is 11.2. The van der Waals surface area contributed by atoms with Crippen LogP contribution in [-0.4, -0.2) is 27.7 Å². The van der Waals surface area contributed by atoms with Crippen molar-refractivity contribution in [3.05, 3.63) is 64.7 Å². The van der Waals surface area contributed by atoms with Gasteiger partial charge in [-0.2, -0.15) is 0 Å². The Labute approximate surface area is 192 Å². The lowest BCUT2D eigenvalue weighted by Gasteiger charge is -2.19. The maximum absolute atomic E-state index is 11.7. The molecule has 0 heterocycles. The largest absolute Gasteiger partial charge is 0.352 e. The minimum Gasteiger partial charge on any atom is -0.352 e. The molecule has 160 valence electrons. The van der Waals surface area contributed by atoms with E-state index in [-0.39, 0.29) is 29.4 Å². The molecule has 0 saturated heterocycles. The molecule has 0 amide bonds. The van der Waals surface area contributed by atoms with Gasteiger partial charge in [-0.15, -0.1) is 24.0 Å². The van der Waals surface area contributed by atoms with E-state index in [4.69, 9.17) is 0 Å². The number of benzene rings is 2. The predicted molar refractivity (Wildman–Crippen MR) is 132 cm³/mol. The second kappa shape index (κ2) is 10.4. The van der Waals surface area contributed by atoms with E-state index in [0.717, 1.165) is 11.1 Å². The van der Waals surface area contributed by atoms with Crippen molar-refractivity contribution in [2.75, 3.05) is 13.3 Å². The Morgan fingerprint density at radius 2 is 1.48 bits per heavy atom. The fourth-order valence-corrected chi connectivity index (χ4v) is 3.91. The first kappa shape index (κ1) is 25.4. The molecule has 0 aromatic heterocycles. The molecule has 0 aliphatic carbocycles. The van der Waals surface area contributed by atoms with Crippen LogP contribution in [0.4, 0.5) is 0 Å². The molecule has 0 spiro atoms. The van der Waals surface area contributed by atoms with Crippen molar-refractivity contribution in [3.8, 4) is 0 Å². The molecule has 2 aromatic rings. The average Bonchev–Trinajstić information content (AvgIpc) is 2.60. The highest BCUT2D eigenvalue weighted by atomic mass is 127. The lowest BCUT2D eigenvalue weighted by Crippen LogP contribution is -2.36. The van der Waals surface area contributed by atoms with E-state index in [1.165, 1.54) is 17.4 Å². The van der Waals surface area contributed by atoms with Gasteiger partial charge >= 0.3 is 0 Å². The van der Waals surface area contributed by atoms with Crippen molar-refractivity contribution >= 4 is 39.8 Å². The second-order valence-corrected chi connectivity index (χ2v) is 10.1. The molecule has 0 bridgehead atoms. The maximum atomic E-state index is 11.7. The number of guanidine groups is 1. The first-order valence-electron chi connectivity index (χ1n) is 9.34. The average molecular weight is 529 g/mol. The van der Waals surface area contributed by atoms with Crippen molar-refractivity contribution in [1.82, 2.24) is 10.6 Å². The van der Waals surface area contributed by atoms with Crippen LogP contribution in [0.25, 0.3) is 0 Å². The molecule has 0 saturated carbocycles. The molecule has 5 nitrogen and oxygen atoms in total. The Bertz CT molecular complexity index is 947. The fourth-order valence-electron chi connectivity index (χ4n) is 2.95. The zero-order chi connectivity index (χ0) is 20.9. The highest BCUT2D eigenvalue weighted by molar-refractivity contribution is 14.0. The van der Waals surface area contributed by atoms with Gasteiger partial charge in [0.25, 0.3) is 0 Å². The first-order chi connectivity index (χ1) is 13.0. The van der Waals surface area contributed by atoms with E-state index in [1.807, 2.05) is 19.1 Å². The van der Waals surface area contributed by atoms with Crippen LogP contribution in [0.1, 0.15) is 43.0 Å². The number of hydrogen-bond acceptors (Lipinski definition) is 3. The zero-order valence-electron chi connectivity index (χ0n) is 18.0. The lowest BCUT2D eigenvalue weighted by atomic mass is 9.87. The monoisotopic (exact) mass is 529 g/mol. The van der Waals surface area contributed by atoms with Crippen LogP contribution in [0.3, 0.4) is 0 Å². The van der Waals surface area contributed by atoms with E-state index in [0.29, 0.717) is 23.9 Å². The molecule has 0 radical (unpaired) electrons. The summed E-state index contributed by atoms with van der Waals surface area (Å²) in [5, 5.41) is 6.57. The van der Waals surface area contributed by atoms with Crippen LogP contribution >= 0.6 is 24.0 Å². The molecule has 2 N–H and O–H groups in total. The van der Waals surface area contributed by atoms with Gasteiger partial charge in [-0.3, -0.25) is 4.99 Å². The van der Waals surface area contributed by atoms with Crippen LogP contribution in [-0.2, 0) is 28.3 Å². The highest BCUT2D eigenvalue weighted by Crippen LogP contribution is 2.22. The zero-order valence-corrected chi connectivity index (χ0v) is 21.2. The Hall–Kier alpha value is -1.61. The number of hydrogen-bond donors (Lipinski definition) is 2. The lowest BCUT2D eigenvalue weighted by molar-refractivity contribution is 0.590. The van der Waals surface area contributed by atoms with Crippen molar-refractivity contribution in [2.45, 2.75) is 51.1 Å². The van der Waals surface area contributed by atoms with Crippen LogP contribution in [0.2, 0.25) is 0 Å². The van der Waals surface area contributed by atoms with E-state index < -0.39 is 9.84 Å². The quantitative estimate of drug-likeness (QED) is 0.347. The van der Waals surface area contributed by atoms with Crippen LogP contribution < -0.4 is 10.6 Å². The molecule has 7 heteroatoms. The number of aliphatic imine (C=N–C) groups is 1. The summed E-state index contributed by atoms with van der Waals surface area (Å²) in [6.07, 6.45) is 1.23.